The van der Waals surface area contributed by atoms with Crippen molar-refractivity contribution in [1.29, 1.82) is 0 Å². The summed E-state index contributed by atoms with van der Waals surface area (Å²) < 4.78 is 4.89. The molecule has 342 valence electrons. The Morgan fingerprint density at radius 3 is 1.71 bits per heavy atom. The van der Waals surface area contributed by atoms with Crippen molar-refractivity contribution in [1.82, 2.24) is 37.1 Å². The summed E-state index contributed by atoms with van der Waals surface area (Å²) in [6.07, 6.45) is 0.476. The zero-order valence-electron chi connectivity index (χ0n) is 36.1. The topological polar surface area (TPSA) is 260 Å². The molecule has 62 heavy (non-hydrogen) atoms. The number of carbonyl (C=O) groups is 8. The van der Waals surface area contributed by atoms with Crippen LogP contribution >= 0.6 is 11.8 Å². The zero-order chi connectivity index (χ0) is 46.0. The van der Waals surface area contributed by atoms with Crippen molar-refractivity contribution in [3.05, 3.63) is 71.8 Å². The van der Waals surface area contributed by atoms with Crippen LogP contribution in [-0.4, -0.2) is 127 Å². The van der Waals surface area contributed by atoms with Crippen molar-refractivity contribution in [2.24, 2.45) is 5.92 Å². The van der Waals surface area contributed by atoms with E-state index in [1.807, 2.05) is 20.1 Å². The lowest BCUT2D eigenvalue weighted by atomic mass is 10.0. The van der Waals surface area contributed by atoms with Gasteiger partial charge in [-0.3, -0.25) is 33.6 Å². The van der Waals surface area contributed by atoms with E-state index in [2.05, 4.69) is 31.9 Å². The van der Waals surface area contributed by atoms with Crippen molar-refractivity contribution in [3.8, 4) is 0 Å². The minimum absolute atomic E-state index is 0.0107. The number of hydrogen-bond donors (Lipinski definition) is 7. The Morgan fingerprint density at radius 2 is 1.21 bits per heavy atom. The van der Waals surface area contributed by atoms with Gasteiger partial charge in [-0.1, -0.05) is 79.7 Å². The first-order chi connectivity index (χ1) is 29.6. The van der Waals surface area contributed by atoms with Crippen LogP contribution in [0.3, 0.4) is 0 Å². The molecule has 0 fully saturated rings. The first-order valence-corrected chi connectivity index (χ1v) is 21.7. The van der Waals surface area contributed by atoms with Gasteiger partial charge in [0, 0.05) is 19.3 Å². The molecule has 5 atom stereocenters. The summed E-state index contributed by atoms with van der Waals surface area (Å²) >= 11 is 1.47. The molecule has 20 heteroatoms. The van der Waals surface area contributed by atoms with Gasteiger partial charge in [-0.25, -0.2) is 14.5 Å². The largest absolute Gasteiger partial charge is 0.481 e. The van der Waals surface area contributed by atoms with Gasteiger partial charge in [0.05, 0.1) is 26.9 Å². The molecular weight excluding hydrogens is 827 g/mol. The molecule has 0 radical (unpaired) electrons. The molecule has 0 heterocycles. The molecule has 0 saturated carbocycles. The molecule has 0 aromatic heterocycles. The van der Waals surface area contributed by atoms with Crippen LogP contribution in [0, 0.1) is 5.92 Å². The third-order valence-corrected chi connectivity index (χ3v) is 9.61. The number of aliphatic carboxylic acids is 1. The lowest BCUT2D eigenvalue weighted by Crippen LogP contribution is -2.58. The SMILES string of the molecule is CCOC(=O)N[C@@H](CCC(=O)O)C(=O)N[C@@H](Cc1ccccc1)C(=O)N[C@@H](Cc1ccccc1)C(=O)NCC(=O)N[C@@H](CC(C)C)C(=O)N[C@@H](CCSC)C(=O)N(OC)OCC. The van der Waals surface area contributed by atoms with Crippen molar-refractivity contribution in [2.75, 3.05) is 38.9 Å². The molecule has 0 aliphatic carbocycles. The number of benzene rings is 2. The second kappa shape index (κ2) is 28.7. The predicted molar refractivity (Wildman–Crippen MR) is 230 cm³/mol. The fourth-order valence-corrected chi connectivity index (χ4v) is 6.44. The van der Waals surface area contributed by atoms with Gasteiger partial charge in [-0.2, -0.15) is 11.8 Å². The van der Waals surface area contributed by atoms with Gasteiger partial charge in [0.2, 0.25) is 29.5 Å². The van der Waals surface area contributed by atoms with E-state index in [1.54, 1.807) is 74.5 Å². The van der Waals surface area contributed by atoms with E-state index in [1.165, 1.54) is 18.9 Å². The number of rotatable bonds is 28. The van der Waals surface area contributed by atoms with Crippen LogP contribution in [0.2, 0.25) is 0 Å². The second-order valence-corrected chi connectivity index (χ2v) is 15.3. The summed E-state index contributed by atoms with van der Waals surface area (Å²) in [5, 5.41) is 25.5. The number of carbonyl (C=O) groups excluding carboxylic acids is 7. The van der Waals surface area contributed by atoms with Gasteiger partial charge in [-0.15, -0.1) is 0 Å². The average molecular weight is 888 g/mol. The van der Waals surface area contributed by atoms with Crippen molar-refractivity contribution < 1.29 is 57.9 Å². The maximum Gasteiger partial charge on any atom is 0.407 e. The monoisotopic (exact) mass is 887 g/mol. The van der Waals surface area contributed by atoms with Gasteiger partial charge < -0.3 is 41.7 Å². The van der Waals surface area contributed by atoms with E-state index < -0.39 is 90.7 Å². The molecule has 0 spiro atoms. The van der Waals surface area contributed by atoms with Gasteiger partial charge >= 0.3 is 12.1 Å². The van der Waals surface area contributed by atoms with Crippen molar-refractivity contribution >= 4 is 59.3 Å². The zero-order valence-corrected chi connectivity index (χ0v) is 36.9. The maximum absolute atomic E-state index is 14.1. The molecule has 0 aliphatic heterocycles. The second-order valence-electron chi connectivity index (χ2n) is 14.4. The minimum atomic E-state index is -1.38. The third-order valence-electron chi connectivity index (χ3n) is 8.96. The summed E-state index contributed by atoms with van der Waals surface area (Å²) in [6, 6.07) is 11.3. The molecule has 2 rings (SSSR count). The highest BCUT2D eigenvalue weighted by Crippen LogP contribution is 2.11. The van der Waals surface area contributed by atoms with Crippen LogP contribution in [0.4, 0.5) is 4.79 Å². The first kappa shape index (κ1) is 52.4. The first-order valence-electron chi connectivity index (χ1n) is 20.3. The molecule has 19 nitrogen and oxygen atoms in total. The number of amides is 7. The Kier molecular flexibility index (Phi) is 24.3. The summed E-state index contributed by atoms with van der Waals surface area (Å²) in [7, 11) is 1.25. The molecule has 0 aliphatic rings. The van der Waals surface area contributed by atoms with E-state index in [4.69, 9.17) is 14.4 Å². The maximum atomic E-state index is 14.1. The highest BCUT2D eigenvalue weighted by molar-refractivity contribution is 7.98. The predicted octanol–water partition coefficient (Wildman–Crippen LogP) is 1.65. The highest BCUT2D eigenvalue weighted by atomic mass is 32.2. The van der Waals surface area contributed by atoms with E-state index in [9.17, 15) is 43.5 Å². The van der Waals surface area contributed by atoms with E-state index in [0.29, 0.717) is 22.1 Å². The summed E-state index contributed by atoms with van der Waals surface area (Å²) in [5.74, 6) is -5.15. The van der Waals surface area contributed by atoms with Crippen molar-refractivity contribution in [2.45, 2.75) is 96.4 Å². The number of ether oxygens (including phenoxy) is 1. The van der Waals surface area contributed by atoms with Gasteiger partial charge in [0.15, 0.2) is 0 Å². The Labute approximate surface area is 366 Å². The standard InChI is InChI=1S/C42H61N7O12S/c1-7-60-42(58)48-30(19-20-36(51)52)38(54)47-34(25-29-17-13-10-14-18-29)40(56)46-33(24-28-15-11-9-12-16-28)37(53)43-26-35(50)44-32(23-27(3)4)39(55)45-31(21-22-62-6)41(57)49(59-5)61-8-2/h9-18,27,30-34H,7-8,19-26H2,1-6H3,(H,43,53)(H,44,50)(H,45,55)(H,46,56)(H,47,54)(H,48,58)(H,51,52)/t30-,31-,32-,33-,34-/m0/s1. The number of carboxylic acids is 1. The lowest BCUT2D eigenvalue weighted by Gasteiger charge is -2.27. The molecule has 2 aromatic carbocycles. The fourth-order valence-electron chi connectivity index (χ4n) is 5.97. The Morgan fingerprint density at radius 1 is 0.677 bits per heavy atom. The van der Waals surface area contributed by atoms with E-state index >= 15 is 0 Å². The number of nitrogens with one attached hydrogen (secondary N) is 6. The fraction of sp³-hybridized carbons (Fsp3) is 0.524. The minimum Gasteiger partial charge on any atom is -0.481 e. The summed E-state index contributed by atoms with van der Waals surface area (Å²) in [5.41, 5.74) is 1.29. The van der Waals surface area contributed by atoms with Crippen LogP contribution in [0.1, 0.15) is 64.5 Å². The highest BCUT2D eigenvalue weighted by Gasteiger charge is 2.33. The molecule has 0 unspecified atom stereocenters. The van der Waals surface area contributed by atoms with Crippen LogP contribution in [0.25, 0.3) is 0 Å². The Hall–Kier alpha value is -5.73. The molecule has 0 saturated heterocycles. The van der Waals surface area contributed by atoms with Gasteiger partial charge in [0.25, 0.3) is 5.91 Å². The third kappa shape index (κ3) is 19.8. The smallest absolute Gasteiger partial charge is 0.407 e. The molecule has 7 amide bonds. The molecular formula is C42H61N7O12S. The van der Waals surface area contributed by atoms with Crippen LogP contribution in [0.5, 0.6) is 0 Å². The molecule has 2 aromatic rings. The lowest BCUT2D eigenvalue weighted by molar-refractivity contribution is -0.329. The number of nitrogens with zero attached hydrogens (tertiary/aromatic N) is 1. The number of alkyl carbamates (subject to hydrolysis) is 1. The average Bonchev–Trinajstić information content (AvgIpc) is 3.24. The molecule has 0 bridgehead atoms. The van der Waals surface area contributed by atoms with Crippen LogP contribution < -0.4 is 31.9 Å². The Balaban J connectivity index is 2.32. The quantitative estimate of drug-likeness (QED) is 0.0601. The van der Waals surface area contributed by atoms with Crippen molar-refractivity contribution in [3.63, 3.8) is 0 Å². The van der Waals surface area contributed by atoms with E-state index in [-0.39, 0.29) is 51.2 Å². The van der Waals surface area contributed by atoms with Crippen LogP contribution in [-0.2, 0) is 60.8 Å². The molecule has 7 N–H and O–H groups in total. The number of hydroxylamine groups is 2. The van der Waals surface area contributed by atoms with E-state index in [0.717, 1.165) is 0 Å². The summed E-state index contributed by atoms with van der Waals surface area (Å²) in [4.78, 5) is 115. The Bertz CT molecular complexity index is 1760. The summed E-state index contributed by atoms with van der Waals surface area (Å²) in [6.45, 7) is 6.46. The van der Waals surface area contributed by atoms with Gasteiger partial charge in [-0.05, 0) is 62.2 Å². The number of carboxylic acid groups (broad SMARTS) is 1. The van der Waals surface area contributed by atoms with Crippen LogP contribution in [0.15, 0.2) is 60.7 Å². The number of thioether (sulfide) groups is 1. The number of hydrogen-bond acceptors (Lipinski definition) is 12. The van der Waals surface area contributed by atoms with Gasteiger partial charge in [0.1, 0.15) is 30.2 Å². The normalized spacial score (nSPS) is 13.3.